The fourth-order valence-electron chi connectivity index (χ4n) is 7.55. The number of methoxy groups -OCH3 is 1. The number of hydrogen-bond donors (Lipinski definition) is 3. The Balaban J connectivity index is 1.35. The standard InChI is InChI=1S/C41H57N5O10S/c1-24(2)54-33-21-32(28-16-17-31(53-8)25(3)34(28)43-33)55-27-20-30-35(47)44-41(37(49)45-57(51,52)40(7)18-19-40)22-26(41)14-12-10-9-11-13-15-29(36(48)46(30)23-27)42-38(50)56-39(4,5)6/h12,14,16-17,21,24,26-27,29-30H,9-11,13,15,18-20,22-23H2,1-8H3,(H,42,50)(H,44,47)(H,45,49)/b14-12-/t26-,27-,29+,30+,41-/m1/s1. The number of aryl methyl sites for hydroxylation is 1. The number of rotatable bonds is 9. The molecule has 0 spiro atoms. The molecule has 1 saturated heterocycles. The maximum atomic E-state index is 14.6. The fraction of sp³-hybridized carbons (Fsp3) is 0.634. The van der Waals surface area contributed by atoms with Crippen LogP contribution in [0.4, 0.5) is 4.79 Å². The molecule has 1 aromatic carbocycles. The summed E-state index contributed by atoms with van der Waals surface area (Å²) in [5.41, 5.74) is -0.980. The number of allylic oxidation sites excluding steroid dienone is 1. The van der Waals surface area contributed by atoms with Crippen LogP contribution < -0.4 is 29.6 Å². The lowest BCUT2D eigenvalue weighted by Gasteiger charge is -2.30. The number of sulfonamides is 1. The van der Waals surface area contributed by atoms with Gasteiger partial charge in [0.15, 0.2) is 0 Å². The lowest BCUT2D eigenvalue weighted by atomic mass is 10.0. The first kappa shape index (κ1) is 42.0. The SMILES string of the molecule is COc1ccc2c(O[C@@H]3C[C@H]4C(=O)N[C@]5(C(=O)NS(=O)(=O)C6(C)CC6)C[C@H]5/C=C\CCCCC[C@H](NC(=O)OC(C)(C)C)C(=O)N4C3)cc(OC(C)C)nc2c1C. The molecule has 2 aliphatic heterocycles. The van der Waals surface area contributed by atoms with Crippen molar-refractivity contribution in [3.63, 3.8) is 0 Å². The molecule has 1 aromatic heterocycles. The Labute approximate surface area is 335 Å². The van der Waals surface area contributed by atoms with Gasteiger partial charge in [0.1, 0.15) is 40.8 Å². The number of pyridine rings is 1. The minimum Gasteiger partial charge on any atom is -0.496 e. The predicted molar refractivity (Wildman–Crippen MR) is 212 cm³/mol. The minimum absolute atomic E-state index is 0.0298. The first-order chi connectivity index (χ1) is 26.8. The highest BCUT2D eigenvalue weighted by Gasteiger charge is 2.63. The van der Waals surface area contributed by atoms with E-state index in [9.17, 15) is 27.6 Å². The molecule has 2 aromatic rings. The molecular weight excluding hydrogens is 755 g/mol. The molecular formula is C41H57N5O10S. The van der Waals surface area contributed by atoms with Gasteiger partial charge in [-0.15, -0.1) is 0 Å². The summed E-state index contributed by atoms with van der Waals surface area (Å²) in [4.78, 5) is 62.3. The van der Waals surface area contributed by atoms with Crippen LogP contribution in [0.1, 0.15) is 105 Å². The summed E-state index contributed by atoms with van der Waals surface area (Å²) >= 11 is 0. The number of fused-ring (bicyclic) bond motifs is 3. The molecule has 3 heterocycles. The molecule has 0 bridgehead atoms. The summed E-state index contributed by atoms with van der Waals surface area (Å²) in [5, 5.41) is 6.33. The number of benzene rings is 1. The molecule has 312 valence electrons. The number of carbonyl (C=O) groups is 4. The van der Waals surface area contributed by atoms with Crippen molar-refractivity contribution in [1.82, 2.24) is 25.2 Å². The number of aromatic nitrogens is 1. The predicted octanol–water partition coefficient (Wildman–Crippen LogP) is 4.97. The largest absolute Gasteiger partial charge is 0.496 e. The van der Waals surface area contributed by atoms with E-state index < -0.39 is 73.8 Å². The number of nitrogens with one attached hydrogen (secondary N) is 3. The van der Waals surface area contributed by atoms with E-state index in [1.54, 1.807) is 40.9 Å². The summed E-state index contributed by atoms with van der Waals surface area (Å²) in [5.74, 6) is -1.01. The molecule has 2 saturated carbocycles. The average Bonchev–Trinajstić information content (AvgIpc) is 3.99. The Hall–Kier alpha value is -4.60. The van der Waals surface area contributed by atoms with Crippen LogP contribution in [-0.2, 0) is 29.1 Å². The number of carbonyl (C=O) groups excluding carboxylic acids is 4. The summed E-state index contributed by atoms with van der Waals surface area (Å²) in [6.07, 6.45) is 6.37. The van der Waals surface area contributed by atoms with Crippen molar-refractivity contribution in [2.75, 3.05) is 13.7 Å². The van der Waals surface area contributed by atoms with Crippen LogP contribution >= 0.6 is 0 Å². The highest BCUT2D eigenvalue weighted by Crippen LogP contribution is 2.47. The molecule has 16 heteroatoms. The topological polar surface area (TPSA) is 192 Å². The first-order valence-corrected chi connectivity index (χ1v) is 21.4. The van der Waals surface area contributed by atoms with Gasteiger partial charge in [-0.25, -0.2) is 18.2 Å². The van der Waals surface area contributed by atoms with Gasteiger partial charge in [-0.1, -0.05) is 25.0 Å². The second kappa shape index (κ2) is 16.0. The molecule has 6 rings (SSSR count). The van der Waals surface area contributed by atoms with E-state index in [0.717, 1.165) is 18.4 Å². The van der Waals surface area contributed by atoms with E-state index >= 15 is 0 Å². The summed E-state index contributed by atoms with van der Waals surface area (Å²) in [6.45, 7) is 12.4. The Kier molecular flexibility index (Phi) is 11.8. The van der Waals surface area contributed by atoms with Gasteiger partial charge >= 0.3 is 6.09 Å². The minimum atomic E-state index is -4.00. The molecule has 3 N–H and O–H groups in total. The van der Waals surface area contributed by atoms with Crippen LogP contribution in [0.25, 0.3) is 10.9 Å². The molecule has 15 nitrogen and oxygen atoms in total. The Morgan fingerprint density at radius 3 is 2.49 bits per heavy atom. The smallest absolute Gasteiger partial charge is 0.408 e. The van der Waals surface area contributed by atoms with Gasteiger partial charge in [0.05, 0.1) is 30.0 Å². The quantitative estimate of drug-likeness (QED) is 0.290. The lowest BCUT2D eigenvalue weighted by molar-refractivity contribution is -0.141. The fourth-order valence-corrected chi connectivity index (χ4v) is 8.87. The van der Waals surface area contributed by atoms with E-state index in [1.165, 1.54) is 4.90 Å². The normalized spacial score (nSPS) is 26.9. The molecule has 4 amide bonds. The Morgan fingerprint density at radius 1 is 1.09 bits per heavy atom. The molecule has 5 atom stereocenters. The Morgan fingerprint density at radius 2 is 1.82 bits per heavy atom. The van der Waals surface area contributed by atoms with Crippen molar-refractivity contribution < 1.29 is 46.5 Å². The van der Waals surface area contributed by atoms with Crippen LogP contribution in [0.3, 0.4) is 0 Å². The highest BCUT2D eigenvalue weighted by molar-refractivity contribution is 7.91. The summed E-state index contributed by atoms with van der Waals surface area (Å²) in [7, 11) is -2.43. The van der Waals surface area contributed by atoms with Crippen LogP contribution in [0.2, 0.25) is 0 Å². The number of ether oxygens (including phenoxy) is 4. The molecule has 2 aliphatic carbocycles. The van der Waals surface area contributed by atoms with Crippen LogP contribution in [-0.4, -0.2) is 95.9 Å². The lowest BCUT2D eigenvalue weighted by Crippen LogP contribution is -2.58. The van der Waals surface area contributed by atoms with Crippen LogP contribution in [0, 0.1) is 12.8 Å². The van der Waals surface area contributed by atoms with Gasteiger partial charge < -0.3 is 34.5 Å². The van der Waals surface area contributed by atoms with E-state index in [1.807, 2.05) is 45.1 Å². The van der Waals surface area contributed by atoms with Crippen molar-refractivity contribution in [3.05, 3.63) is 35.9 Å². The summed E-state index contributed by atoms with van der Waals surface area (Å²) in [6, 6.07) is 3.17. The molecule has 0 unspecified atom stereocenters. The first-order valence-electron chi connectivity index (χ1n) is 19.9. The van der Waals surface area contributed by atoms with E-state index in [2.05, 4.69) is 15.4 Å². The maximum absolute atomic E-state index is 14.6. The molecule has 4 aliphatic rings. The molecule has 57 heavy (non-hydrogen) atoms. The summed E-state index contributed by atoms with van der Waals surface area (Å²) < 4.78 is 51.4. The van der Waals surface area contributed by atoms with Gasteiger partial charge in [0.25, 0.3) is 5.91 Å². The van der Waals surface area contributed by atoms with Gasteiger partial charge in [-0.2, -0.15) is 0 Å². The van der Waals surface area contributed by atoms with Crippen molar-refractivity contribution in [2.45, 2.75) is 146 Å². The second-order valence-electron chi connectivity index (χ2n) is 17.3. The number of alkyl carbamates (subject to hydrolysis) is 1. The van der Waals surface area contributed by atoms with Gasteiger partial charge in [0.2, 0.25) is 27.7 Å². The van der Waals surface area contributed by atoms with Gasteiger partial charge in [-0.3, -0.25) is 19.1 Å². The zero-order chi connectivity index (χ0) is 41.5. The third kappa shape index (κ3) is 9.26. The van der Waals surface area contributed by atoms with Crippen molar-refractivity contribution in [1.29, 1.82) is 0 Å². The molecule has 3 fully saturated rings. The van der Waals surface area contributed by atoms with Crippen LogP contribution in [0.5, 0.6) is 17.4 Å². The third-order valence-electron chi connectivity index (χ3n) is 11.2. The third-order valence-corrected chi connectivity index (χ3v) is 13.3. The second-order valence-corrected chi connectivity index (χ2v) is 19.5. The van der Waals surface area contributed by atoms with E-state index in [0.29, 0.717) is 60.4 Å². The van der Waals surface area contributed by atoms with Crippen LogP contribution in [0.15, 0.2) is 30.4 Å². The van der Waals surface area contributed by atoms with Crippen molar-refractivity contribution in [3.8, 4) is 17.4 Å². The van der Waals surface area contributed by atoms with Gasteiger partial charge in [0, 0.05) is 29.4 Å². The zero-order valence-electron chi connectivity index (χ0n) is 34.2. The van der Waals surface area contributed by atoms with Gasteiger partial charge in [-0.05, 0) is 99.1 Å². The highest BCUT2D eigenvalue weighted by atomic mass is 32.2. The number of nitrogens with zero attached hydrogens (tertiary/aromatic N) is 2. The van der Waals surface area contributed by atoms with E-state index in [4.69, 9.17) is 23.9 Å². The Bertz CT molecular complexity index is 2040. The maximum Gasteiger partial charge on any atom is 0.408 e. The van der Waals surface area contributed by atoms with E-state index in [-0.39, 0.29) is 25.5 Å². The van der Waals surface area contributed by atoms with Crippen molar-refractivity contribution in [2.24, 2.45) is 5.92 Å². The monoisotopic (exact) mass is 811 g/mol. The number of amides is 4. The number of hydrogen-bond acceptors (Lipinski definition) is 11. The molecule has 0 radical (unpaired) electrons. The average molecular weight is 812 g/mol. The zero-order valence-corrected chi connectivity index (χ0v) is 35.0. The van der Waals surface area contributed by atoms with Crippen molar-refractivity contribution >= 4 is 44.7 Å².